The molecule has 2 aromatic rings. The van der Waals surface area contributed by atoms with Gasteiger partial charge in [-0.05, 0) is 36.0 Å². The van der Waals surface area contributed by atoms with Crippen molar-refractivity contribution in [2.24, 2.45) is 5.92 Å². The summed E-state index contributed by atoms with van der Waals surface area (Å²) in [4.78, 5) is 14.7. The average molecular weight is 320 g/mol. The molecule has 1 fully saturated rings. The van der Waals surface area contributed by atoms with Crippen molar-refractivity contribution in [1.29, 1.82) is 0 Å². The molecule has 0 aromatic heterocycles. The molecule has 24 heavy (non-hydrogen) atoms. The predicted molar refractivity (Wildman–Crippen MR) is 92.5 cm³/mol. The number of amides is 2. The van der Waals surface area contributed by atoms with Crippen LogP contribution in [0.5, 0.6) is 5.75 Å². The van der Waals surface area contributed by atoms with E-state index in [4.69, 9.17) is 4.74 Å². The van der Waals surface area contributed by atoms with Crippen molar-refractivity contribution in [3.63, 3.8) is 0 Å². The highest BCUT2D eigenvalue weighted by Gasteiger charge is 2.38. The number of benzene rings is 2. The van der Waals surface area contributed by atoms with E-state index >= 15 is 0 Å². The van der Waals surface area contributed by atoms with Crippen molar-refractivity contribution in [2.75, 3.05) is 18.1 Å². The summed E-state index contributed by atoms with van der Waals surface area (Å²) in [6, 6.07) is 14.3. The van der Waals surface area contributed by atoms with E-state index in [2.05, 4.69) is 29.6 Å². The molecule has 3 aliphatic rings. The summed E-state index contributed by atoms with van der Waals surface area (Å²) in [7, 11) is 0. The molecule has 0 bridgehead atoms. The minimum absolute atomic E-state index is 0.00111. The van der Waals surface area contributed by atoms with Gasteiger partial charge >= 0.3 is 6.03 Å². The molecule has 0 saturated heterocycles. The number of fused-ring (bicyclic) bond motifs is 3. The number of anilines is 1. The Balaban J connectivity index is 1.66. The average Bonchev–Trinajstić information content (AvgIpc) is 3.30. The van der Waals surface area contributed by atoms with E-state index in [0.29, 0.717) is 5.92 Å². The Labute approximate surface area is 141 Å². The van der Waals surface area contributed by atoms with Gasteiger partial charge in [-0.2, -0.15) is 0 Å². The molecule has 1 saturated carbocycles. The summed E-state index contributed by atoms with van der Waals surface area (Å²) in [6.07, 6.45) is 3.39. The van der Waals surface area contributed by atoms with Crippen LogP contribution in [0.2, 0.25) is 0 Å². The third-order valence-electron chi connectivity index (χ3n) is 5.24. The van der Waals surface area contributed by atoms with Gasteiger partial charge in [0.1, 0.15) is 5.75 Å². The molecule has 1 unspecified atom stereocenters. The zero-order valence-electron chi connectivity index (χ0n) is 13.5. The second-order valence-electron chi connectivity index (χ2n) is 6.93. The summed E-state index contributed by atoms with van der Waals surface area (Å²) in [5, 5.41) is 3.21. The van der Waals surface area contributed by atoms with Gasteiger partial charge in [0, 0.05) is 18.5 Å². The lowest BCUT2D eigenvalue weighted by atomic mass is 9.92. The van der Waals surface area contributed by atoms with Crippen molar-refractivity contribution in [3.05, 3.63) is 59.2 Å². The number of nitrogens with zero attached hydrogens (tertiary/aromatic N) is 1. The maximum atomic E-state index is 12.8. The van der Waals surface area contributed by atoms with Crippen molar-refractivity contribution in [2.45, 2.75) is 25.3 Å². The Bertz CT molecular complexity index is 799. The fraction of sp³-hybridized carbons (Fsp3) is 0.350. The van der Waals surface area contributed by atoms with E-state index in [0.717, 1.165) is 42.1 Å². The summed E-state index contributed by atoms with van der Waals surface area (Å²) >= 11 is 0. The molecule has 2 heterocycles. The van der Waals surface area contributed by atoms with Gasteiger partial charge in [0.25, 0.3) is 0 Å². The molecule has 122 valence electrons. The Kier molecular flexibility index (Phi) is 3.05. The summed E-state index contributed by atoms with van der Waals surface area (Å²) in [5.74, 6) is 1.62. The highest BCUT2D eigenvalue weighted by atomic mass is 16.5. The Morgan fingerprint density at radius 1 is 1.12 bits per heavy atom. The zero-order chi connectivity index (χ0) is 16.1. The molecule has 1 aliphatic carbocycles. The number of rotatable bonds is 3. The maximum Gasteiger partial charge on any atom is 0.322 e. The monoisotopic (exact) mass is 320 g/mol. The van der Waals surface area contributed by atoms with E-state index in [1.165, 1.54) is 18.4 Å². The second kappa shape index (κ2) is 5.26. The molecule has 5 rings (SSSR count). The number of hydrogen-bond acceptors (Lipinski definition) is 2. The van der Waals surface area contributed by atoms with Crippen LogP contribution < -0.4 is 15.0 Å². The molecular formula is C20H20N2O2. The molecule has 4 nitrogen and oxygen atoms in total. The van der Waals surface area contributed by atoms with Crippen LogP contribution in [0.1, 0.15) is 35.6 Å². The van der Waals surface area contributed by atoms with E-state index in [9.17, 15) is 4.79 Å². The van der Waals surface area contributed by atoms with Crippen LogP contribution in [0.25, 0.3) is 0 Å². The lowest BCUT2D eigenvalue weighted by Gasteiger charge is -2.36. The molecular weight excluding hydrogens is 300 g/mol. The predicted octanol–water partition coefficient (Wildman–Crippen LogP) is 3.65. The first-order valence-electron chi connectivity index (χ1n) is 8.73. The van der Waals surface area contributed by atoms with E-state index in [-0.39, 0.29) is 12.1 Å². The first-order valence-corrected chi connectivity index (χ1v) is 8.73. The van der Waals surface area contributed by atoms with Crippen LogP contribution in [-0.2, 0) is 6.42 Å². The largest absolute Gasteiger partial charge is 0.492 e. The summed E-state index contributed by atoms with van der Waals surface area (Å²) in [6.45, 7) is 1.53. The van der Waals surface area contributed by atoms with Gasteiger partial charge in [-0.15, -0.1) is 0 Å². The number of urea groups is 1. The minimum Gasteiger partial charge on any atom is -0.492 e. The number of ether oxygens (including phenoxy) is 1. The van der Waals surface area contributed by atoms with E-state index in [1.807, 2.05) is 23.1 Å². The summed E-state index contributed by atoms with van der Waals surface area (Å²) in [5.41, 5.74) is 4.48. The fourth-order valence-electron chi connectivity index (χ4n) is 3.80. The molecule has 2 amide bonds. The molecule has 1 atom stereocenters. The van der Waals surface area contributed by atoms with Gasteiger partial charge in [-0.3, -0.25) is 4.90 Å². The van der Waals surface area contributed by atoms with E-state index < -0.39 is 0 Å². The van der Waals surface area contributed by atoms with E-state index in [1.54, 1.807) is 0 Å². The molecule has 4 heteroatoms. The van der Waals surface area contributed by atoms with Crippen LogP contribution in [0.15, 0.2) is 42.5 Å². The molecule has 2 aromatic carbocycles. The highest BCUT2D eigenvalue weighted by molar-refractivity contribution is 5.97. The van der Waals surface area contributed by atoms with Gasteiger partial charge in [-0.25, -0.2) is 4.79 Å². The third-order valence-corrected chi connectivity index (χ3v) is 5.24. The van der Waals surface area contributed by atoms with Gasteiger partial charge in [-0.1, -0.05) is 36.4 Å². The third kappa shape index (κ3) is 2.17. The van der Waals surface area contributed by atoms with Crippen LogP contribution in [-0.4, -0.2) is 19.2 Å². The lowest BCUT2D eigenvalue weighted by molar-refractivity contribution is 0.241. The highest BCUT2D eigenvalue weighted by Crippen LogP contribution is 2.45. The molecule has 0 radical (unpaired) electrons. The Morgan fingerprint density at radius 2 is 1.96 bits per heavy atom. The zero-order valence-corrected chi connectivity index (χ0v) is 13.5. The molecule has 1 N–H and O–H groups in total. The topological polar surface area (TPSA) is 41.6 Å². The van der Waals surface area contributed by atoms with Crippen LogP contribution >= 0.6 is 0 Å². The van der Waals surface area contributed by atoms with Crippen molar-refractivity contribution < 1.29 is 9.53 Å². The van der Waals surface area contributed by atoms with Crippen LogP contribution in [0.4, 0.5) is 10.5 Å². The van der Waals surface area contributed by atoms with Crippen LogP contribution in [0, 0.1) is 5.92 Å². The number of carbonyl (C=O) groups excluding carboxylic acids is 1. The SMILES string of the molecule is O=C1NC(c2ccccc2)c2c(ccc3c2OCC3)N1CC1CC1. The molecule has 0 spiro atoms. The fourth-order valence-corrected chi connectivity index (χ4v) is 3.80. The smallest absolute Gasteiger partial charge is 0.322 e. The van der Waals surface area contributed by atoms with Crippen molar-refractivity contribution >= 4 is 11.7 Å². The second-order valence-corrected chi connectivity index (χ2v) is 6.93. The van der Waals surface area contributed by atoms with Gasteiger partial charge < -0.3 is 10.1 Å². The van der Waals surface area contributed by atoms with Crippen molar-refractivity contribution in [1.82, 2.24) is 5.32 Å². The van der Waals surface area contributed by atoms with Gasteiger partial charge in [0.15, 0.2) is 0 Å². The van der Waals surface area contributed by atoms with Gasteiger partial charge in [0.05, 0.1) is 18.3 Å². The lowest BCUT2D eigenvalue weighted by Crippen LogP contribution is -2.48. The van der Waals surface area contributed by atoms with Gasteiger partial charge in [0.2, 0.25) is 0 Å². The first-order chi connectivity index (χ1) is 11.8. The van der Waals surface area contributed by atoms with Crippen LogP contribution in [0.3, 0.4) is 0 Å². The summed E-state index contributed by atoms with van der Waals surface area (Å²) < 4.78 is 5.97. The Morgan fingerprint density at radius 3 is 2.75 bits per heavy atom. The molecule has 2 aliphatic heterocycles. The quantitative estimate of drug-likeness (QED) is 0.938. The Hall–Kier alpha value is -2.49. The van der Waals surface area contributed by atoms with Crippen molar-refractivity contribution in [3.8, 4) is 5.75 Å². The normalized spacial score (nSPS) is 21.8. The number of hydrogen-bond donors (Lipinski definition) is 1. The minimum atomic E-state index is -0.141. The number of carbonyl (C=O) groups is 1. The maximum absolute atomic E-state index is 12.8. The first kappa shape index (κ1) is 13.9. The number of nitrogens with one attached hydrogen (secondary N) is 1. The standard InChI is InChI=1S/C20H20N2O2/c23-20-21-18(14-4-2-1-3-5-14)17-16(22(20)12-13-6-7-13)9-8-15-10-11-24-19(15)17/h1-5,8-9,13,18H,6-7,10-12H2,(H,21,23).